The quantitative estimate of drug-likeness (QED) is 0.866. The van der Waals surface area contributed by atoms with E-state index < -0.39 is 0 Å². The van der Waals surface area contributed by atoms with Gasteiger partial charge < -0.3 is 15.0 Å². The second kappa shape index (κ2) is 7.82. The van der Waals surface area contributed by atoms with Crippen LogP contribution in [0.15, 0.2) is 42.5 Å². The third-order valence-corrected chi connectivity index (χ3v) is 5.05. The van der Waals surface area contributed by atoms with Crippen LogP contribution in [0.25, 0.3) is 0 Å². The van der Waals surface area contributed by atoms with E-state index in [2.05, 4.69) is 19.2 Å². The number of carbonyl (C=O) groups excluding carboxylic acids is 2. The number of methoxy groups -OCH3 is 1. The molecule has 1 aliphatic heterocycles. The highest BCUT2D eigenvalue weighted by Gasteiger charge is 2.36. The van der Waals surface area contributed by atoms with Crippen LogP contribution in [0.2, 0.25) is 0 Å². The summed E-state index contributed by atoms with van der Waals surface area (Å²) in [6.45, 7) is 6.55. The molecule has 0 bridgehead atoms. The van der Waals surface area contributed by atoms with E-state index in [0.717, 1.165) is 16.8 Å². The summed E-state index contributed by atoms with van der Waals surface area (Å²) in [7, 11) is 1.58. The van der Waals surface area contributed by atoms with Gasteiger partial charge in [0.1, 0.15) is 5.75 Å². The number of aryl methyl sites for hydroxylation is 1. The van der Waals surface area contributed by atoms with E-state index in [1.165, 1.54) is 0 Å². The maximum atomic E-state index is 12.9. The fourth-order valence-corrected chi connectivity index (χ4v) is 3.54. The average Bonchev–Trinajstić information content (AvgIpc) is 3.04. The van der Waals surface area contributed by atoms with E-state index in [1.54, 1.807) is 12.0 Å². The maximum absolute atomic E-state index is 12.9. The molecule has 0 aromatic heterocycles. The molecule has 0 saturated carbocycles. The number of hydrogen-bond acceptors (Lipinski definition) is 3. The lowest BCUT2D eigenvalue weighted by atomic mass is 9.97. The largest absolute Gasteiger partial charge is 0.495 e. The Morgan fingerprint density at radius 2 is 1.93 bits per heavy atom. The maximum Gasteiger partial charge on any atom is 0.229 e. The van der Waals surface area contributed by atoms with Crippen LogP contribution in [-0.2, 0) is 9.59 Å². The fraction of sp³-hybridized carbons (Fsp3) is 0.364. The van der Waals surface area contributed by atoms with E-state index >= 15 is 0 Å². The van der Waals surface area contributed by atoms with Crippen LogP contribution in [0.3, 0.4) is 0 Å². The minimum absolute atomic E-state index is 0.0616. The molecule has 5 heteroatoms. The molecule has 1 fully saturated rings. The van der Waals surface area contributed by atoms with Crippen molar-refractivity contribution in [2.45, 2.75) is 33.1 Å². The van der Waals surface area contributed by atoms with Crippen LogP contribution in [-0.4, -0.2) is 25.5 Å². The van der Waals surface area contributed by atoms with Crippen molar-refractivity contribution in [3.05, 3.63) is 53.6 Å². The number of rotatable bonds is 5. The van der Waals surface area contributed by atoms with Crippen molar-refractivity contribution < 1.29 is 14.3 Å². The number of amides is 2. The SMILES string of the molecule is COc1ccccc1N1C[C@@H](C(=O)Nc2c(C)cccc2C(C)C)CC1=O. The Bertz CT molecular complexity index is 860. The first kappa shape index (κ1) is 19.0. The number of ether oxygens (including phenoxy) is 1. The molecule has 0 radical (unpaired) electrons. The van der Waals surface area contributed by atoms with Gasteiger partial charge in [-0.1, -0.05) is 44.2 Å². The molecule has 1 aliphatic rings. The molecule has 2 aromatic rings. The van der Waals surface area contributed by atoms with Gasteiger partial charge in [-0.15, -0.1) is 0 Å². The molecule has 1 N–H and O–H groups in total. The van der Waals surface area contributed by atoms with E-state index in [1.807, 2.05) is 49.4 Å². The summed E-state index contributed by atoms with van der Waals surface area (Å²) in [5.74, 6) is 0.371. The van der Waals surface area contributed by atoms with Crippen LogP contribution < -0.4 is 15.0 Å². The van der Waals surface area contributed by atoms with Crippen LogP contribution in [0.1, 0.15) is 37.3 Å². The minimum atomic E-state index is -0.387. The first-order chi connectivity index (χ1) is 12.9. The van der Waals surface area contributed by atoms with Gasteiger partial charge in [-0.25, -0.2) is 0 Å². The van der Waals surface area contributed by atoms with Crippen LogP contribution in [0, 0.1) is 12.8 Å². The van der Waals surface area contributed by atoms with E-state index in [4.69, 9.17) is 4.74 Å². The Balaban J connectivity index is 1.79. The van der Waals surface area contributed by atoms with Gasteiger partial charge in [0.15, 0.2) is 0 Å². The molecular weight excluding hydrogens is 340 g/mol. The first-order valence-electron chi connectivity index (χ1n) is 9.26. The molecule has 142 valence electrons. The van der Waals surface area contributed by atoms with Crippen molar-refractivity contribution in [2.24, 2.45) is 5.92 Å². The Kier molecular flexibility index (Phi) is 5.49. The first-order valence-corrected chi connectivity index (χ1v) is 9.26. The lowest BCUT2D eigenvalue weighted by Gasteiger charge is -2.20. The van der Waals surface area contributed by atoms with Crippen molar-refractivity contribution in [1.29, 1.82) is 0 Å². The third kappa shape index (κ3) is 3.82. The molecule has 0 spiro atoms. The summed E-state index contributed by atoms with van der Waals surface area (Å²) >= 11 is 0. The zero-order valence-electron chi connectivity index (χ0n) is 16.3. The van der Waals surface area contributed by atoms with Gasteiger partial charge in [-0.3, -0.25) is 9.59 Å². The molecule has 2 amide bonds. The van der Waals surface area contributed by atoms with Crippen molar-refractivity contribution in [3.63, 3.8) is 0 Å². The normalized spacial score (nSPS) is 16.7. The number of anilines is 2. The molecule has 27 heavy (non-hydrogen) atoms. The molecule has 5 nitrogen and oxygen atoms in total. The number of para-hydroxylation sites is 3. The molecule has 1 saturated heterocycles. The fourth-order valence-electron chi connectivity index (χ4n) is 3.54. The van der Waals surface area contributed by atoms with Crippen molar-refractivity contribution in [2.75, 3.05) is 23.9 Å². The Hall–Kier alpha value is -2.82. The topological polar surface area (TPSA) is 58.6 Å². The number of nitrogens with one attached hydrogen (secondary N) is 1. The zero-order chi connectivity index (χ0) is 19.6. The minimum Gasteiger partial charge on any atom is -0.495 e. The molecule has 2 aromatic carbocycles. The van der Waals surface area contributed by atoms with Gasteiger partial charge in [-0.05, 0) is 36.1 Å². The predicted molar refractivity (Wildman–Crippen MR) is 107 cm³/mol. The third-order valence-electron chi connectivity index (χ3n) is 5.05. The van der Waals surface area contributed by atoms with Crippen molar-refractivity contribution in [1.82, 2.24) is 0 Å². The average molecular weight is 366 g/mol. The molecule has 3 rings (SSSR count). The van der Waals surface area contributed by atoms with E-state index in [9.17, 15) is 9.59 Å². The molecule has 0 aliphatic carbocycles. The van der Waals surface area contributed by atoms with Gasteiger partial charge in [0.05, 0.1) is 18.7 Å². The number of benzene rings is 2. The van der Waals surface area contributed by atoms with Gasteiger partial charge in [-0.2, -0.15) is 0 Å². The van der Waals surface area contributed by atoms with Crippen LogP contribution in [0.5, 0.6) is 5.75 Å². The summed E-state index contributed by atoms with van der Waals surface area (Å²) in [5.41, 5.74) is 3.70. The summed E-state index contributed by atoms with van der Waals surface area (Å²) in [6.07, 6.45) is 0.201. The lowest BCUT2D eigenvalue weighted by molar-refractivity contribution is -0.122. The van der Waals surface area contributed by atoms with Crippen molar-refractivity contribution >= 4 is 23.2 Å². The number of hydrogen-bond donors (Lipinski definition) is 1. The van der Waals surface area contributed by atoms with Gasteiger partial charge >= 0.3 is 0 Å². The standard InChI is InChI=1S/C22H26N2O3/c1-14(2)17-9-7-8-15(3)21(17)23-22(26)16-12-20(25)24(13-16)18-10-5-6-11-19(18)27-4/h5-11,14,16H,12-13H2,1-4H3,(H,23,26)/t16-/m0/s1. The van der Waals surface area contributed by atoms with Gasteiger partial charge in [0, 0.05) is 18.7 Å². The Morgan fingerprint density at radius 3 is 2.63 bits per heavy atom. The van der Waals surface area contributed by atoms with Crippen LogP contribution >= 0.6 is 0 Å². The van der Waals surface area contributed by atoms with E-state index in [0.29, 0.717) is 23.9 Å². The van der Waals surface area contributed by atoms with Crippen LogP contribution in [0.4, 0.5) is 11.4 Å². The molecular formula is C22H26N2O3. The highest BCUT2D eigenvalue weighted by Crippen LogP contribution is 2.34. The summed E-state index contributed by atoms with van der Waals surface area (Å²) in [4.78, 5) is 27.1. The zero-order valence-corrected chi connectivity index (χ0v) is 16.3. The van der Waals surface area contributed by atoms with Gasteiger partial charge in [0.25, 0.3) is 0 Å². The molecule has 0 unspecified atom stereocenters. The highest BCUT2D eigenvalue weighted by atomic mass is 16.5. The van der Waals surface area contributed by atoms with Crippen molar-refractivity contribution in [3.8, 4) is 5.75 Å². The Labute approximate surface area is 160 Å². The molecule has 1 atom stereocenters. The lowest BCUT2D eigenvalue weighted by Crippen LogP contribution is -2.28. The predicted octanol–water partition coefficient (Wildman–Crippen LogP) is 4.12. The highest BCUT2D eigenvalue weighted by molar-refractivity contribution is 6.04. The monoisotopic (exact) mass is 366 g/mol. The summed E-state index contributed by atoms with van der Waals surface area (Å²) in [6, 6.07) is 13.4. The Morgan fingerprint density at radius 1 is 1.19 bits per heavy atom. The van der Waals surface area contributed by atoms with E-state index in [-0.39, 0.29) is 24.2 Å². The smallest absolute Gasteiger partial charge is 0.229 e. The summed E-state index contributed by atoms with van der Waals surface area (Å²) in [5, 5.41) is 3.07. The molecule has 1 heterocycles. The second-order valence-electron chi connectivity index (χ2n) is 7.26. The number of carbonyl (C=O) groups is 2. The summed E-state index contributed by atoms with van der Waals surface area (Å²) < 4.78 is 5.36. The van der Waals surface area contributed by atoms with Gasteiger partial charge in [0.2, 0.25) is 11.8 Å². The second-order valence-corrected chi connectivity index (χ2v) is 7.26. The number of nitrogens with zero attached hydrogens (tertiary/aromatic N) is 1.